The Morgan fingerprint density at radius 1 is 1.26 bits per heavy atom. The van der Waals surface area contributed by atoms with E-state index in [-0.39, 0.29) is 12.2 Å². The molecule has 10 heteroatoms. The molecule has 1 N–H and O–H groups in total. The van der Waals surface area contributed by atoms with Crippen molar-refractivity contribution in [1.82, 2.24) is 10.5 Å². The van der Waals surface area contributed by atoms with Gasteiger partial charge in [-0.25, -0.2) is 4.79 Å². The van der Waals surface area contributed by atoms with Gasteiger partial charge >= 0.3 is 12.1 Å². The summed E-state index contributed by atoms with van der Waals surface area (Å²) < 4.78 is 51.3. The minimum absolute atomic E-state index is 0.0925. The van der Waals surface area contributed by atoms with Crippen molar-refractivity contribution >= 4 is 11.9 Å². The molecule has 0 fully saturated rings. The lowest BCUT2D eigenvalue weighted by Gasteiger charge is -2.10. The molecule has 0 unspecified atom stereocenters. The summed E-state index contributed by atoms with van der Waals surface area (Å²) in [5, 5.41) is 5.41. The van der Waals surface area contributed by atoms with Crippen LogP contribution in [0.2, 0.25) is 0 Å². The van der Waals surface area contributed by atoms with Gasteiger partial charge in [-0.2, -0.15) is 13.2 Å². The first kappa shape index (κ1) is 20.3. The lowest BCUT2D eigenvalue weighted by molar-refractivity contribution is -0.140. The molecular weight excluding hydrogens is 369 g/mol. The molecule has 2 aromatic rings. The summed E-state index contributed by atoms with van der Waals surface area (Å²) in [7, 11) is 0. The van der Waals surface area contributed by atoms with Crippen molar-refractivity contribution in [3.63, 3.8) is 0 Å². The summed E-state index contributed by atoms with van der Waals surface area (Å²) in [6.45, 7) is 1.39. The second-order valence-corrected chi connectivity index (χ2v) is 5.59. The topological polar surface area (TPSA) is 90.7 Å². The highest BCUT2D eigenvalue weighted by atomic mass is 19.4. The number of alkyl halides is 3. The molecule has 1 heterocycles. The van der Waals surface area contributed by atoms with Crippen LogP contribution in [0.4, 0.5) is 13.2 Å². The Balaban J connectivity index is 1.88. The summed E-state index contributed by atoms with van der Waals surface area (Å²) in [6, 6.07) is 5.99. The molecule has 2 rings (SSSR count). The van der Waals surface area contributed by atoms with Crippen LogP contribution in [0, 0.1) is 13.8 Å². The van der Waals surface area contributed by atoms with Gasteiger partial charge in [-0.05, 0) is 32.0 Å². The number of carbonyl (C=O) groups is 2. The third-order valence-electron chi connectivity index (χ3n) is 3.45. The van der Waals surface area contributed by atoms with Gasteiger partial charge in [-0.1, -0.05) is 11.2 Å². The van der Waals surface area contributed by atoms with E-state index in [1.54, 1.807) is 31.3 Å². The van der Waals surface area contributed by atoms with E-state index in [2.05, 4.69) is 5.16 Å². The standard InChI is InChI=1S/C17H17F3N2O5/c1-10-14(11(2)27-22-10)7-25-13-5-3-4-12(6-13)16(24)26-8-15(23)21-9-17(18,19)20/h3-6H,7-9H2,1-2H3,(H,21,23). The van der Waals surface area contributed by atoms with Crippen molar-refractivity contribution in [2.24, 2.45) is 0 Å². The van der Waals surface area contributed by atoms with Gasteiger partial charge in [0.25, 0.3) is 5.91 Å². The maximum Gasteiger partial charge on any atom is 0.405 e. The molecule has 0 aliphatic carbocycles. The number of nitrogens with one attached hydrogen (secondary N) is 1. The van der Waals surface area contributed by atoms with Gasteiger partial charge in [0.15, 0.2) is 6.61 Å². The van der Waals surface area contributed by atoms with Crippen molar-refractivity contribution in [1.29, 1.82) is 0 Å². The number of carbonyl (C=O) groups excluding carboxylic acids is 2. The number of aromatic nitrogens is 1. The van der Waals surface area contributed by atoms with E-state index in [4.69, 9.17) is 14.0 Å². The quantitative estimate of drug-likeness (QED) is 0.736. The summed E-state index contributed by atoms with van der Waals surface area (Å²) >= 11 is 0. The number of rotatable bonds is 7. The molecule has 1 aromatic carbocycles. The molecule has 1 amide bonds. The predicted octanol–water partition coefficient (Wildman–Crippen LogP) is 2.71. The van der Waals surface area contributed by atoms with Crippen LogP contribution in [-0.2, 0) is 16.1 Å². The summed E-state index contributed by atoms with van der Waals surface area (Å²) in [5.41, 5.74) is 1.56. The first-order valence-corrected chi connectivity index (χ1v) is 7.81. The van der Waals surface area contributed by atoms with Gasteiger partial charge < -0.3 is 19.3 Å². The molecule has 27 heavy (non-hydrogen) atoms. The van der Waals surface area contributed by atoms with Crippen molar-refractivity contribution in [2.75, 3.05) is 13.2 Å². The Labute approximate surface area is 152 Å². The van der Waals surface area contributed by atoms with E-state index >= 15 is 0 Å². The van der Waals surface area contributed by atoms with Crippen LogP contribution in [0.5, 0.6) is 5.75 Å². The van der Waals surface area contributed by atoms with E-state index in [0.717, 1.165) is 5.56 Å². The zero-order chi connectivity index (χ0) is 20.0. The largest absolute Gasteiger partial charge is 0.489 e. The fourth-order valence-corrected chi connectivity index (χ4v) is 2.04. The Morgan fingerprint density at radius 3 is 2.63 bits per heavy atom. The van der Waals surface area contributed by atoms with Crippen molar-refractivity contribution < 1.29 is 36.8 Å². The van der Waals surface area contributed by atoms with Gasteiger partial charge in [0, 0.05) is 0 Å². The molecule has 0 saturated heterocycles. The van der Waals surface area contributed by atoms with Crippen molar-refractivity contribution in [3.05, 3.63) is 46.8 Å². The number of benzene rings is 1. The molecule has 0 spiro atoms. The molecule has 0 aliphatic rings. The first-order valence-electron chi connectivity index (χ1n) is 7.81. The average molecular weight is 386 g/mol. The minimum Gasteiger partial charge on any atom is -0.489 e. The molecule has 0 aliphatic heterocycles. The maximum atomic E-state index is 12.0. The summed E-state index contributed by atoms with van der Waals surface area (Å²) in [5.74, 6) is -0.926. The normalized spacial score (nSPS) is 11.1. The Bertz CT molecular complexity index is 798. The van der Waals surface area contributed by atoms with E-state index < -0.39 is 31.2 Å². The fourth-order valence-electron chi connectivity index (χ4n) is 2.04. The second-order valence-electron chi connectivity index (χ2n) is 5.59. The van der Waals surface area contributed by atoms with Crippen LogP contribution in [0.1, 0.15) is 27.4 Å². The van der Waals surface area contributed by atoms with E-state index in [1.807, 2.05) is 0 Å². The highest BCUT2D eigenvalue weighted by molar-refractivity contribution is 5.91. The SMILES string of the molecule is Cc1noc(C)c1COc1cccc(C(=O)OCC(=O)NCC(F)(F)F)c1. The van der Waals surface area contributed by atoms with Crippen LogP contribution < -0.4 is 10.1 Å². The predicted molar refractivity (Wildman–Crippen MR) is 86.1 cm³/mol. The smallest absolute Gasteiger partial charge is 0.405 e. The third-order valence-corrected chi connectivity index (χ3v) is 3.45. The number of halogens is 3. The molecule has 0 saturated carbocycles. The molecule has 146 valence electrons. The van der Waals surface area contributed by atoms with E-state index in [9.17, 15) is 22.8 Å². The first-order chi connectivity index (χ1) is 12.7. The molecule has 0 radical (unpaired) electrons. The molecule has 0 bridgehead atoms. The van der Waals surface area contributed by atoms with Crippen LogP contribution in [0.3, 0.4) is 0 Å². The number of aryl methyl sites for hydroxylation is 2. The van der Waals surface area contributed by atoms with E-state index in [0.29, 0.717) is 17.2 Å². The average Bonchev–Trinajstić information content (AvgIpc) is 2.93. The number of hydrogen-bond donors (Lipinski definition) is 1. The fraction of sp³-hybridized carbons (Fsp3) is 0.353. The molecule has 0 atom stereocenters. The highest BCUT2D eigenvalue weighted by Crippen LogP contribution is 2.19. The van der Waals surface area contributed by atoms with Gasteiger partial charge in [-0.3, -0.25) is 4.79 Å². The minimum atomic E-state index is -4.54. The van der Waals surface area contributed by atoms with Gasteiger partial charge in [0.05, 0.1) is 16.8 Å². The monoisotopic (exact) mass is 386 g/mol. The molecule has 7 nitrogen and oxygen atoms in total. The lowest BCUT2D eigenvalue weighted by Crippen LogP contribution is -2.36. The Kier molecular flexibility index (Phi) is 6.43. The number of nitrogens with zero attached hydrogens (tertiary/aromatic N) is 1. The Hall–Kier alpha value is -3.04. The van der Waals surface area contributed by atoms with Gasteiger partial charge in [0.2, 0.25) is 0 Å². The zero-order valence-corrected chi connectivity index (χ0v) is 14.6. The van der Waals surface area contributed by atoms with Crippen LogP contribution >= 0.6 is 0 Å². The maximum absolute atomic E-state index is 12.0. The molecule has 1 aromatic heterocycles. The number of hydrogen-bond acceptors (Lipinski definition) is 6. The van der Waals surface area contributed by atoms with E-state index in [1.165, 1.54) is 12.1 Å². The number of esters is 1. The molecular formula is C17H17F3N2O5. The lowest BCUT2D eigenvalue weighted by atomic mass is 10.2. The summed E-state index contributed by atoms with van der Waals surface area (Å²) in [4.78, 5) is 23.2. The second kappa shape index (κ2) is 8.56. The van der Waals surface area contributed by atoms with Crippen LogP contribution in [0.15, 0.2) is 28.8 Å². The number of ether oxygens (including phenoxy) is 2. The number of amides is 1. The zero-order valence-electron chi connectivity index (χ0n) is 14.6. The highest BCUT2D eigenvalue weighted by Gasteiger charge is 2.27. The van der Waals surface area contributed by atoms with Crippen molar-refractivity contribution in [2.45, 2.75) is 26.6 Å². The van der Waals surface area contributed by atoms with Gasteiger partial charge in [-0.15, -0.1) is 0 Å². The van der Waals surface area contributed by atoms with Gasteiger partial charge in [0.1, 0.15) is 24.7 Å². The van der Waals surface area contributed by atoms with Crippen LogP contribution in [0.25, 0.3) is 0 Å². The third kappa shape index (κ3) is 6.32. The van der Waals surface area contributed by atoms with Crippen LogP contribution in [-0.4, -0.2) is 36.4 Å². The van der Waals surface area contributed by atoms with Crippen molar-refractivity contribution in [3.8, 4) is 5.75 Å². The summed E-state index contributed by atoms with van der Waals surface area (Å²) in [6.07, 6.45) is -4.54. The Morgan fingerprint density at radius 2 is 2.00 bits per heavy atom.